The van der Waals surface area contributed by atoms with Gasteiger partial charge in [-0.25, -0.2) is 0 Å². The maximum atomic E-state index is 13.2. The van der Waals surface area contributed by atoms with Gasteiger partial charge in [-0.1, -0.05) is 36.4 Å². The van der Waals surface area contributed by atoms with E-state index in [2.05, 4.69) is 22.8 Å². The van der Waals surface area contributed by atoms with Crippen LogP contribution in [0.3, 0.4) is 0 Å². The monoisotopic (exact) mass is 392 g/mol. The summed E-state index contributed by atoms with van der Waals surface area (Å²) in [4.78, 5) is 26.3. The van der Waals surface area contributed by atoms with Crippen LogP contribution in [0.2, 0.25) is 0 Å². The number of carbonyl (C=O) groups is 2. The van der Waals surface area contributed by atoms with Crippen LogP contribution in [0.1, 0.15) is 6.42 Å². The molecule has 1 fully saturated rings. The molecule has 0 radical (unpaired) electrons. The molecule has 2 amide bonds. The molecule has 1 saturated carbocycles. The molecule has 2 bridgehead atoms. The van der Waals surface area contributed by atoms with Gasteiger partial charge in [0.25, 0.3) is 0 Å². The molecule has 2 aromatic carbocycles. The second-order valence-corrected chi connectivity index (χ2v) is 7.38. The number of allylic oxidation sites excluding steroid dienone is 2. The largest absolute Gasteiger partial charge is 0.495 e. The summed E-state index contributed by atoms with van der Waals surface area (Å²) in [7, 11) is 3.13. The van der Waals surface area contributed by atoms with E-state index >= 15 is 0 Å². The number of anilines is 2. The van der Waals surface area contributed by atoms with Gasteiger partial charge in [0.05, 0.1) is 37.4 Å². The summed E-state index contributed by atoms with van der Waals surface area (Å²) in [5, 5.41) is 5.91. The first kappa shape index (κ1) is 19.1. The quantitative estimate of drug-likeness (QED) is 0.735. The Morgan fingerprint density at radius 2 is 1.17 bits per heavy atom. The highest BCUT2D eigenvalue weighted by Crippen LogP contribution is 2.49. The van der Waals surface area contributed by atoms with Gasteiger partial charge in [-0.2, -0.15) is 0 Å². The molecule has 2 aliphatic rings. The van der Waals surface area contributed by atoms with Crippen molar-refractivity contribution in [3.63, 3.8) is 0 Å². The van der Waals surface area contributed by atoms with Gasteiger partial charge in [0, 0.05) is 0 Å². The lowest BCUT2D eigenvalue weighted by Crippen LogP contribution is -2.39. The second-order valence-electron chi connectivity index (χ2n) is 7.38. The highest BCUT2D eigenvalue weighted by atomic mass is 16.5. The van der Waals surface area contributed by atoms with Crippen LogP contribution in [0.15, 0.2) is 60.7 Å². The van der Waals surface area contributed by atoms with E-state index in [1.165, 1.54) is 0 Å². The molecule has 0 unspecified atom stereocenters. The molecule has 4 rings (SSSR count). The van der Waals surface area contributed by atoms with Gasteiger partial charge in [0.2, 0.25) is 11.8 Å². The maximum absolute atomic E-state index is 13.2. The minimum Gasteiger partial charge on any atom is -0.495 e. The molecular formula is C23H24N2O4. The number of para-hydroxylation sites is 4. The molecule has 2 aromatic rings. The molecule has 0 saturated heterocycles. The lowest BCUT2D eigenvalue weighted by Gasteiger charge is -2.27. The second kappa shape index (κ2) is 7.99. The van der Waals surface area contributed by atoms with Crippen LogP contribution in [0.5, 0.6) is 11.5 Å². The SMILES string of the molecule is COc1ccccc1NC(=O)[C@@H]1[C@@H](C(=O)Nc2ccccc2OC)[C@@H]2C=C[C@@H]1C2. The van der Waals surface area contributed by atoms with Crippen LogP contribution in [-0.2, 0) is 9.59 Å². The van der Waals surface area contributed by atoms with Crippen molar-refractivity contribution in [3.05, 3.63) is 60.7 Å². The zero-order valence-electron chi connectivity index (χ0n) is 16.4. The molecule has 2 aliphatic carbocycles. The van der Waals surface area contributed by atoms with Crippen molar-refractivity contribution in [1.29, 1.82) is 0 Å². The fourth-order valence-corrected chi connectivity index (χ4v) is 4.47. The number of benzene rings is 2. The van der Waals surface area contributed by atoms with E-state index in [0.717, 1.165) is 6.42 Å². The molecule has 6 nitrogen and oxygen atoms in total. The summed E-state index contributed by atoms with van der Waals surface area (Å²) in [5.74, 6) is 0.127. The van der Waals surface area contributed by atoms with Gasteiger partial charge in [-0.3, -0.25) is 9.59 Å². The fourth-order valence-electron chi connectivity index (χ4n) is 4.47. The number of fused-ring (bicyclic) bond motifs is 2. The third-order valence-electron chi connectivity index (χ3n) is 5.79. The van der Waals surface area contributed by atoms with Crippen LogP contribution in [0, 0.1) is 23.7 Å². The number of methoxy groups -OCH3 is 2. The number of ether oxygens (including phenoxy) is 2. The van der Waals surface area contributed by atoms with Crippen molar-refractivity contribution in [3.8, 4) is 11.5 Å². The Balaban J connectivity index is 1.55. The highest BCUT2D eigenvalue weighted by molar-refractivity contribution is 6.02. The highest BCUT2D eigenvalue weighted by Gasteiger charge is 2.51. The van der Waals surface area contributed by atoms with Crippen LogP contribution in [-0.4, -0.2) is 26.0 Å². The maximum Gasteiger partial charge on any atom is 0.229 e. The zero-order valence-corrected chi connectivity index (χ0v) is 16.4. The Labute approximate surface area is 169 Å². The summed E-state index contributed by atoms with van der Waals surface area (Å²) in [6.07, 6.45) is 4.93. The molecule has 2 N–H and O–H groups in total. The van der Waals surface area contributed by atoms with Crippen molar-refractivity contribution in [2.24, 2.45) is 23.7 Å². The first-order chi connectivity index (χ1) is 14.1. The predicted molar refractivity (Wildman–Crippen MR) is 111 cm³/mol. The van der Waals surface area contributed by atoms with Crippen molar-refractivity contribution in [2.75, 3.05) is 24.9 Å². The molecular weight excluding hydrogens is 368 g/mol. The van der Waals surface area contributed by atoms with E-state index in [4.69, 9.17) is 9.47 Å². The number of hydrogen-bond donors (Lipinski definition) is 2. The van der Waals surface area contributed by atoms with E-state index in [9.17, 15) is 9.59 Å². The molecule has 0 aromatic heterocycles. The van der Waals surface area contributed by atoms with Crippen LogP contribution in [0.25, 0.3) is 0 Å². The number of amides is 2. The Morgan fingerprint density at radius 1 is 0.759 bits per heavy atom. The fraction of sp³-hybridized carbons (Fsp3) is 0.304. The first-order valence-electron chi connectivity index (χ1n) is 9.68. The van der Waals surface area contributed by atoms with E-state index < -0.39 is 11.8 Å². The van der Waals surface area contributed by atoms with Gasteiger partial charge >= 0.3 is 0 Å². The number of nitrogens with one attached hydrogen (secondary N) is 2. The molecule has 0 aliphatic heterocycles. The Kier molecular flexibility index (Phi) is 5.25. The topological polar surface area (TPSA) is 76.7 Å². The van der Waals surface area contributed by atoms with Gasteiger partial charge in [-0.05, 0) is 42.5 Å². The van der Waals surface area contributed by atoms with E-state index in [1.807, 2.05) is 24.3 Å². The first-order valence-corrected chi connectivity index (χ1v) is 9.68. The third-order valence-corrected chi connectivity index (χ3v) is 5.79. The Morgan fingerprint density at radius 3 is 1.59 bits per heavy atom. The van der Waals surface area contributed by atoms with Gasteiger partial charge < -0.3 is 20.1 Å². The summed E-state index contributed by atoms with van der Waals surface area (Å²) >= 11 is 0. The lowest BCUT2D eigenvalue weighted by molar-refractivity contribution is -0.129. The molecule has 0 heterocycles. The summed E-state index contributed by atoms with van der Waals surface area (Å²) in [6, 6.07) is 14.5. The Hall–Kier alpha value is -3.28. The van der Waals surface area contributed by atoms with E-state index in [1.54, 1.807) is 38.5 Å². The average molecular weight is 392 g/mol. The van der Waals surface area contributed by atoms with E-state index in [-0.39, 0.29) is 23.7 Å². The summed E-state index contributed by atoms with van der Waals surface area (Å²) in [6.45, 7) is 0. The zero-order chi connectivity index (χ0) is 20.4. The average Bonchev–Trinajstić information content (AvgIpc) is 3.36. The minimum absolute atomic E-state index is 0.0585. The summed E-state index contributed by atoms with van der Waals surface area (Å²) < 4.78 is 10.7. The summed E-state index contributed by atoms with van der Waals surface area (Å²) in [5.41, 5.74) is 1.21. The van der Waals surface area contributed by atoms with E-state index in [0.29, 0.717) is 22.9 Å². The molecule has 150 valence electrons. The number of carbonyl (C=O) groups excluding carboxylic acids is 2. The standard InChI is InChI=1S/C23H24N2O4/c1-28-18-9-5-3-7-16(18)24-22(26)20-14-11-12-15(13-14)21(20)23(27)25-17-8-4-6-10-19(17)29-2/h3-12,14-15,20-21H,13H2,1-2H3,(H,24,26)(H,25,27)/t14-,15-,20+,21+/m1/s1. The molecule has 4 atom stereocenters. The lowest BCUT2D eigenvalue weighted by atomic mass is 9.81. The van der Waals surface area contributed by atoms with Crippen molar-refractivity contribution in [1.82, 2.24) is 0 Å². The van der Waals surface area contributed by atoms with Crippen molar-refractivity contribution >= 4 is 23.2 Å². The number of rotatable bonds is 6. The van der Waals surface area contributed by atoms with Crippen molar-refractivity contribution < 1.29 is 19.1 Å². The Bertz CT molecular complexity index is 880. The van der Waals surface area contributed by atoms with Crippen LogP contribution < -0.4 is 20.1 Å². The molecule has 0 spiro atoms. The third kappa shape index (κ3) is 3.58. The van der Waals surface area contributed by atoms with Gasteiger partial charge in [-0.15, -0.1) is 0 Å². The van der Waals surface area contributed by atoms with Crippen LogP contribution >= 0.6 is 0 Å². The smallest absolute Gasteiger partial charge is 0.229 e. The van der Waals surface area contributed by atoms with Gasteiger partial charge in [0.1, 0.15) is 11.5 Å². The molecule has 29 heavy (non-hydrogen) atoms. The van der Waals surface area contributed by atoms with Crippen LogP contribution in [0.4, 0.5) is 11.4 Å². The van der Waals surface area contributed by atoms with Gasteiger partial charge in [0.15, 0.2) is 0 Å². The molecule has 6 heteroatoms. The number of hydrogen-bond acceptors (Lipinski definition) is 4. The normalized spacial score (nSPS) is 24.2. The van der Waals surface area contributed by atoms with Crippen molar-refractivity contribution in [2.45, 2.75) is 6.42 Å². The predicted octanol–water partition coefficient (Wildman–Crippen LogP) is 3.72. The minimum atomic E-state index is -0.426.